The van der Waals surface area contributed by atoms with Crippen LogP contribution < -0.4 is 0 Å². The normalized spacial score (nSPS) is 12.0. The fraction of sp³-hybridized carbons (Fsp3) is 0.918. The summed E-state index contributed by atoms with van der Waals surface area (Å²) in [5.41, 5.74) is 0. The molecule has 1 atom stereocenters. The van der Waals surface area contributed by atoms with Crippen molar-refractivity contribution in [1.82, 2.24) is 0 Å². The van der Waals surface area contributed by atoms with Crippen LogP contribution in [-0.2, 0) is 28.6 Å². The fourth-order valence-electron chi connectivity index (χ4n) is 9.21. The third-order valence-corrected chi connectivity index (χ3v) is 13.8. The zero-order chi connectivity index (χ0) is 48.6. The van der Waals surface area contributed by atoms with Gasteiger partial charge in [0.05, 0.1) is 0 Å². The van der Waals surface area contributed by atoms with Crippen LogP contribution in [0.2, 0.25) is 0 Å². The third kappa shape index (κ3) is 55.0. The van der Waals surface area contributed by atoms with Crippen molar-refractivity contribution in [2.24, 2.45) is 0 Å². The summed E-state index contributed by atoms with van der Waals surface area (Å²) < 4.78 is 16.9. The topological polar surface area (TPSA) is 78.9 Å². The highest BCUT2D eigenvalue weighted by Gasteiger charge is 2.19. The zero-order valence-corrected chi connectivity index (χ0v) is 45.5. The minimum absolute atomic E-state index is 0.0649. The van der Waals surface area contributed by atoms with Gasteiger partial charge in [0, 0.05) is 19.3 Å². The summed E-state index contributed by atoms with van der Waals surface area (Å²) in [5.74, 6) is -0.842. The van der Waals surface area contributed by atoms with E-state index in [0.717, 1.165) is 57.8 Å². The van der Waals surface area contributed by atoms with Gasteiger partial charge in [-0.3, -0.25) is 14.4 Å². The molecule has 0 heterocycles. The van der Waals surface area contributed by atoms with Crippen molar-refractivity contribution >= 4 is 17.9 Å². The van der Waals surface area contributed by atoms with E-state index in [-0.39, 0.29) is 31.1 Å². The lowest BCUT2D eigenvalue weighted by Crippen LogP contribution is -2.30. The zero-order valence-electron chi connectivity index (χ0n) is 45.5. The molecule has 0 aliphatic carbocycles. The van der Waals surface area contributed by atoms with E-state index in [0.29, 0.717) is 19.3 Å². The standard InChI is InChI=1S/C61H116O6/c1-4-7-10-13-16-19-22-25-28-31-34-36-39-42-45-48-51-54-60(63)66-57-58(67-61(64)55-52-49-46-43-40-37-33-30-27-24-21-18-15-12-9-6-3)56-65-59(62)53-50-47-44-41-38-35-32-29-26-23-20-17-14-11-8-5-2/h25,28,58H,4-24,26-27,29-57H2,1-3H3/b28-25-/t58-/m1/s1. The average molecular weight is 946 g/mol. The van der Waals surface area contributed by atoms with E-state index < -0.39 is 6.10 Å². The van der Waals surface area contributed by atoms with Crippen molar-refractivity contribution in [2.45, 2.75) is 348 Å². The molecule has 0 saturated heterocycles. The van der Waals surface area contributed by atoms with Crippen LogP contribution in [0.3, 0.4) is 0 Å². The molecule has 6 heteroatoms. The summed E-state index contributed by atoms with van der Waals surface area (Å²) in [5, 5.41) is 0. The molecule has 0 N–H and O–H groups in total. The number of esters is 3. The minimum atomic E-state index is -0.766. The number of rotatable bonds is 56. The summed E-state index contributed by atoms with van der Waals surface area (Å²) in [4.78, 5) is 38.2. The molecular weight excluding hydrogens is 829 g/mol. The molecule has 0 aliphatic heterocycles. The van der Waals surface area contributed by atoms with E-state index in [1.165, 1.54) is 244 Å². The second-order valence-electron chi connectivity index (χ2n) is 20.6. The molecule has 0 saturated carbocycles. The van der Waals surface area contributed by atoms with Crippen molar-refractivity contribution in [2.75, 3.05) is 13.2 Å². The second kappa shape index (κ2) is 56.7. The summed E-state index contributed by atoms with van der Waals surface area (Å²) in [6, 6.07) is 0. The predicted molar refractivity (Wildman–Crippen MR) is 289 cm³/mol. The van der Waals surface area contributed by atoms with Crippen molar-refractivity contribution in [1.29, 1.82) is 0 Å². The molecular formula is C61H116O6. The Morgan fingerprint density at radius 1 is 0.284 bits per heavy atom. The summed E-state index contributed by atoms with van der Waals surface area (Å²) in [6.07, 6.45) is 64.9. The van der Waals surface area contributed by atoms with Gasteiger partial charge >= 0.3 is 17.9 Å². The molecule has 0 aromatic rings. The molecule has 0 aromatic heterocycles. The van der Waals surface area contributed by atoms with Crippen LogP contribution in [0.15, 0.2) is 12.2 Å². The lowest BCUT2D eigenvalue weighted by atomic mass is 10.0. The van der Waals surface area contributed by atoms with E-state index in [2.05, 4.69) is 32.9 Å². The maximum absolute atomic E-state index is 12.9. The van der Waals surface area contributed by atoms with Crippen LogP contribution in [0.5, 0.6) is 0 Å². The number of ether oxygens (including phenoxy) is 3. The molecule has 67 heavy (non-hydrogen) atoms. The number of carbonyl (C=O) groups excluding carboxylic acids is 3. The van der Waals surface area contributed by atoms with E-state index in [1.807, 2.05) is 0 Å². The van der Waals surface area contributed by atoms with Crippen LogP contribution in [0.25, 0.3) is 0 Å². The van der Waals surface area contributed by atoms with Crippen LogP contribution in [0, 0.1) is 0 Å². The molecule has 0 radical (unpaired) electrons. The first kappa shape index (κ1) is 65.1. The van der Waals surface area contributed by atoms with Gasteiger partial charge < -0.3 is 14.2 Å². The lowest BCUT2D eigenvalue weighted by molar-refractivity contribution is -0.167. The van der Waals surface area contributed by atoms with Crippen molar-refractivity contribution in [3.8, 4) is 0 Å². The average Bonchev–Trinajstić information content (AvgIpc) is 3.33. The van der Waals surface area contributed by atoms with E-state index in [9.17, 15) is 14.4 Å². The van der Waals surface area contributed by atoms with Crippen LogP contribution in [0.4, 0.5) is 0 Å². The van der Waals surface area contributed by atoms with Gasteiger partial charge in [0.15, 0.2) is 6.10 Å². The van der Waals surface area contributed by atoms with Crippen molar-refractivity contribution < 1.29 is 28.6 Å². The molecule has 0 aliphatic rings. The summed E-state index contributed by atoms with van der Waals surface area (Å²) >= 11 is 0. The lowest BCUT2D eigenvalue weighted by Gasteiger charge is -2.18. The van der Waals surface area contributed by atoms with Gasteiger partial charge in [-0.2, -0.15) is 0 Å². The quantitative estimate of drug-likeness (QED) is 0.0262. The van der Waals surface area contributed by atoms with E-state index >= 15 is 0 Å². The van der Waals surface area contributed by atoms with Gasteiger partial charge in [0.2, 0.25) is 0 Å². The first-order valence-electron chi connectivity index (χ1n) is 30.2. The maximum atomic E-state index is 12.9. The van der Waals surface area contributed by atoms with Gasteiger partial charge in [0.1, 0.15) is 13.2 Å². The predicted octanol–water partition coefficient (Wildman–Crippen LogP) is 20.1. The first-order valence-corrected chi connectivity index (χ1v) is 30.2. The van der Waals surface area contributed by atoms with Gasteiger partial charge in [-0.1, -0.05) is 290 Å². The smallest absolute Gasteiger partial charge is 0.306 e. The molecule has 396 valence electrons. The molecule has 0 aromatic carbocycles. The number of allylic oxidation sites excluding steroid dienone is 2. The largest absolute Gasteiger partial charge is 0.462 e. The summed E-state index contributed by atoms with van der Waals surface area (Å²) in [7, 11) is 0. The maximum Gasteiger partial charge on any atom is 0.306 e. The van der Waals surface area contributed by atoms with E-state index in [1.54, 1.807) is 0 Å². The minimum Gasteiger partial charge on any atom is -0.462 e. The Morgan fingerprint density at radius 2 is 0.493 bits per heavy atom. The fourth-order valence-corrected chi connectivity index (χ4v) is 9.21. The Morgan fingerprint density at radius 3 is 0.746 bits per heavy atom. The Kier molecular flexibility index (Phi) is 55.2. The van der Waals surface area contributed by atoms with Crippen LogP contribution in [0.1, 0.15) is 342 Å². The molecule has 0 amide bonds. The Labute approximate surface area is 418 Å². The van der Waals surface area contributed by atoms with Crippen molar-refractivity contribution in [3.63, 3.8) is 0 Å². The number of carbonyl (C=O) groups is 3. The molecule has 0 bridgehead atoms. The molecule has 0 spiro atoms. The van der Waals surface area contributed by atoms with Gasteiger partial charge in [-0.25, -0.2) is 0 Å². The highest BCUT2D eigenvalue weighted by Crippen LogP contribution is 2.17. The highest BCUT2D eigenvalue weighted by atomic mass is 16.6. The highest BCUT2D eigenvalue weighted by molar-refractivity contribution is 5.71. The van der Waals surface area contributed by atoms with Crippen molar-refractivity contribution in [3.05, 3.63) is 12.2 Å². The molecule has 6 nitrogen and oxygen atoms in total. The third-order valence-electron chi connectivity index (χ3n) is 13.8. The SMILES string of the molecule is CCCCCCCC/C=C\CCCCCCCCCC(=O)OC[C@@H](COC(=O)CCCCCCCCCCCCCCCCCC)OC(=O)CCCCCCCCCCCCCCCCCC. The Hall–Kier alpha value is -1.85. The molecule has 0 fully saturated rings. The summed E-state index contributed by atoms with van der Waals surface area (Å²) in [6.45, 7) is 6.70. The molecule has 0 unspecified atom stereocenters. The monoisotopic (exact) mass is 945 g/mol. The second-order valence-corrected chi connectivity index (χ2v) is 20.6. The Bertz CT molecular complexity index is 1040. The van der Waals surface area contributed by atoms with Gasteiger partial charge in [0.25, 0.3) is 0 Å². The number of unbranched alkanes of at least 4 members (excludes halogenated alkanes) is 43. The van der Waals surface area contributed by atoms with Crippen LogP contribution in [-0.4, -0.2) is 37.2 Å². The van der Waals surface area contributed by atoms with Gasteiger partial charge in [-0.05, 0) is 44.9 Å². The first-order chi connectivity index (χ1) is 33.0. The van der Waals surface area contributed by atoms with Gasteiger partial charge in [-0.15, -0.1) is 0 Å². The van der Waals surface area contributed by atoms with E-state index in [4.69, 9.17) is 14.2 Å². The number of hydrogen-bond donors (Lipinski definition) is 0. The molecule has 0 rings (SSSR count). The van der Waals surface area contributed by atoms with Crippen LogP contribution >= 0.6 is 0 Å². The number of hydrogen-bond acceptors (Lipinski definition) is 6. The Balaban J connectivity index is 4.31.